The third kappa shape index (κ3) is 3.20. The summed E-state index contributed by atoms with van der Waals surface area (Å²) >= 11 is 0. The molecule has 0 spiro atoms. The monoisotopic (exact) mass is 202 g/mol. The zero-order valence-electron chi connectivity index (χ0n) is 8.73. The summed E-state index contributed by atoms with van der Waals surface area (Å²) in [5.41, 5.74) is 2.06. The standard InChI is InChI=1S/C12H14N2O/c1-9-6-10(8-13-7-9)2-5-12(15)14-11-3-4-11/h2,5-8,11H,3-4H2,1H3,(H,14,15)/b5-2+. The van der Waals surface area contributed by atoms with Crippen LogP contribution in [0.3, 0.4) is 0 Å². The third-order valence-electron chi connectivity index (χ3n) is 2.25. The summed E-state index contributed by atoms with van der Waals surface area (Å²) < 4.78 is 0. The van der Waals surface area contributed by atoms with Crippen molar-refractivity contribution < 1.29 is 4.79 Å². The van der Waals surface area contributed by atoms with E-state index in [2.05, 4.69) is 10.3 Å². The number of pyridine rings is 1. The van der Waals surface area contributed by atoms with Gasteiger partial charge in [0.2, 0.25) is 5.91 Å². The molecule has 0 aromatic carbocycles. The lowest BCUT2D eigenvalue weighted by atomic mass is 10.2. The molecule has 1 fully saturated rings. The smallest absolute Gasteiger partial charge is 0.244 e. The van der Waals surface area contributed by atoms with Crippen molar-refractivity contribution in [3.05, 3.63) is 35.7 Å². The molecule has 1 N–H and O–H groups in total. The number of carbonyl (C=O) groups is 1. The molecule has 1 heterocycles. The van der Waals surface area contributed by atoms with Crippen LogP contribution in [0.2, 0.25) is 0 Å². The first kappa shape index (κ1) is 9.90. The minimum absolute atomic E-state index is 0.0148. The molecule has 0 aliphatic heterocycles. The van der Waals surface area contributed by atoms with Crippen molar-refractivity contribution in [1.82, 2.24) is 10.3 Å². The van der Waals surface area contributed by atoms with E-state index >= 15 is 0 Å². The van der Waals surface area contributed by atoms with Crippen LogP contribution in [-0.2, 0) is 4.79 Å². The molecule has 1 aromatic rings. The molecule has 0 saturated heterocycles. The second-order valence-electron chi connectivity index (χ2n) is 3.91. The number of aromatic nitrogens is 1. The van der Waals surface area contributed by atoms with Gasteiger partial charge in [-0.2, -0.15) is 0 Å². The van der Waals surface area contributed by atoms with E-state index in [1.165, 1.54) is 0 Å². The van der Waals surface area contributed by atoms with Gasteiger partial charge in [-0.1, -0.05) is 0 Å². The van der Waals surface area contributed by atoms with E-state index in [0.717, 1.165) is 24.0 Å². The zero-order chi connectivity index (χ0) is 10.7. The van der Waals surface area contributed by atoms with Gasteiger partial charge in [-0.15, -0.1) is 0 Å². The maximum Gasteiger partial charge on any atom is 0.244 e. The third-order valence-corrected chi connectivity index (χ3v) is 2.25. The molecule has 1 amide bonds. The molecule has 78 valence electrons. The van der Waals surface area contributed by atoms with Gasteiger partial charge in [0, 0.05) is 24.5 Å². The van der Waals surface area contributed by atoms with Crippen molar-refractivity contribution in [3.8, 4) is 0 Å². The number of carbonyl (C=O) groups excluding carboxylic acids is 1. The second kappa shape index (κ2) is 4.26. The minimum atomic E-state index is -0.0148. The first-order valence-corrected chi connectivity index (χ1v) is 5.14. The average molecular weight is 202 g/mol. The average Bonchev–Trinajstić information content (AvgIpc) is 2.99. The highest BCUT2D eigenvalue weighted by molar-refractivity contribution is 5.92. The van der Waals surface area contributed by atoms with E-state index in [1.54, 1.807) is 24.5 Å². The van der Waals surface area contributed by atoms with Crippen LogP contribution in [0.5, 0.6) is 0 Å². The van der Waals surface area contributed by atoms with Crippen LogP contribution in [0.15, 0.2) is 24.5 Å². The van der Waals surface area contributed by atoms with Gasteiger partial charge in [-0.05, 0) is 43.0 Å². The highest BCUT2D eigenvalue weighted by atomic mass is 16.1. The Hall–Kier alpha value is -1.64. The highest BCUT2D eigenvalue weighted by Crippen LogP contribution is 2.18. The van der Waals surface area contributed by atoms with Crippen molar-refractivity contribution in [3.63, 3.8) is 0 Å². The number of rotatable bonds is 3. The molecule has 2 rings (SSSR count). The molecular formula is C12H14N2O. The Bertz CT molecular complexity index is 394. The highest BCUT2D eigenvalue weighted by Gasteiger charge is 2.21. The molecule has 1 aromatic heterocycles. The van der Waals surface area contributed by atoms with E-state index in [-0.39, 0.29) is 5.91 Å². The number of hydrogen-bond acceptors (Lipinski definition) is 2. The summed E-state index contributed by atoms with van der Waals surface area (Å²) in [5, 5.41) is 2.89. The lowest BCUT2D eigenvalue weighted by molar-refractivity contribution is -0.116. The van der Waals surface area contributed by atoms with Gasteiger partial charge >= 0.3 is 0 Å². The van der Waals surface area contributed by atoms with Gasteiger partial charge in [-0.25, -0.2) is 0 Å². The van der Waals surface area contributed by atoms with Crippen LogP contribution in [-0.4, -0.2) is 16.9 Å². The van der Waals surface area contributed by atoms with Gasteiger partial charge in [0.05, 0.1) is 0 Å². The number of nitrogens with zero attached hydrogens (tertiary/aromatic N) is 1. The molecule has 0 atom stereocenters. The first-order valence-electron chi connectivity index (χ1n) is 5.14. The number of hydrogen-bond donors (Lipinski definition) is 1. The fraction of sp³-hybridized carbons (Fsp3) is 0.333. The fourth-order valence-corrected chi connectivity index (χ4v) is 1.32. The molecule has 0 bridgehead atoms. The summed E-state index contributed by atoms with van der Waals surface area (Å²) in [6.07, 6.45) is 9.12. The van der Waals surface area contributed by atoms with Crippen LogP contribution < -0.4 is 5.32 Å². The van der Waals surface area contributed by atoms with Crippen LogP contribution >= 0.6 is 0 Å². The Morgan fingerprint density at radius 1 is 1.53 bits per heavy atom. The van der Waals surface area contributed by atoms with Crippen LogP contribution in [0, 0.1) is 6.92 Å². The number of nitrogens with one attached hydrogen (secondary N) is 1. The van der Waals surface area contributed by atoms with Crippen LogP contribution in [0.1, 0.15) is 24.0 Å². The molecule has 0 radical (unpaired) electrons. The van der Waals surface area contributed by atoms with Gasteiger partial charge in [-0.3, -0.25) is 9.78 Å². The summed E-state index contributed by atoms with van der Waals surface area (Å²) in [4.78, 5) is 15.4. The van der Waals surface area contributed by atoms with Crippen molar-refractivity contribution in [2.45, 2.75) is 25.8 Å². The summed E-state index contributed by atoms with van der Waals surface area (Å²) in [6.45, 7) is 1.98. The minimum Gasteiger partial charge on any atom is -0.350 e. The summed E-state index contributed by atoms with van der Waals surface area (Å²) in [7, 11) is 0. The van der Waals surface area contributed by atoms with Gasteiger partial charge < -0.3 is 5.32 Å². The van der Waals surface area contributed by atoms with Crippen molar-refractivity contribution in [2.24, 2.45) is 0 Å². The lowest BCUT2D eigenvalue weighted by Gasteiger charge is -1.97. The van der Waals surface area contributed by atoms with E-state index in [1.807, 2.05) is 13.0 Å². The Morgan fingerprint density at radius 3 is 3.00 bits per heavy atom. The SMILES string of the molecule is Cc1cncc(/C=C/C(=O)NC2CC2)c1. The van der Waals surface area contributed by atoms with E-state index in [9.17, 15) is 4.79 Å². The van der Waals surface area contributed by atoms with E-state index in [4.69, 9.17) is 0 Å². The molecule has 3 heteroatoms. The molecule has 15 heavy (non-hydrogen) atoms. The lowest BCUT2D eigenvalue weighted by Crippen LogP contribution is -2.22. The van der Waals surface area contributed by atoms with E-state index < -0.39 is 0 Å². The zero-order valence-corrected chi connectivity index (χ0v) is 8.73. The van der Waals surface area contributed by atoms with Crippen LogP contribution in [0.4, 0.5) is 0 Å². The quantitative estimate of drug-likeness (QED) is 0.758. The van der Waals surface area contributed by atoms with Crippen molar-refractivity contribution >= 4 is 12.0 Å². The normalized spacial score (nSPS) is 15.5. The fourth-order valence-electron chi connectivity index (χ4n) is 1.32. The Balaban J connectivity index is 1.94. The first-order chi connectivity index (χ1) is 7.24. The molecule has 1 saturated carbocycles. The molecule has 1 aliphatic rings. The van der Waals surface area contributed by atoms with Crippen LogP contribution in [0.25, 0.3) is 6.08 Å². The largest absolute Gasteiger partial charge is 0.350 e. The Morgan fingerprint density at radius 2 is 2.33 bits per heavy atom. The number of amides is 1. The Labute approximate surface area is 89.2 Å². The second-order valence-corrected chi connectivity index (χ2v) is 3.91. The summed E-state index contributed by atoms with van der Waals surface area (Å²) in [5.74, 6) is -0.0148. The molecule has 1 aliphatic carbocycles. The Kier molecular flexibility index (Phi) is 2.81. The maximum absolute atomic E-state index is 11.3. The molecule has 0 unspecified atom stereocenters. The number of aryl methyl sites for hydroxylation is 1. The topological polar surface area (TPSA) is 42.0 Å². The van der Waals surface area contributed by atoms with Crippen molar-refractivity contribution in [1.29, 1.82) is 0 Å². The van der Waals surface area contributed by atoms with E-state index in [0.29, 0.717) is 6.04 Å². The van der Waals surface area contributed by atoms with Crippen molar-refractivity contribution in [2.75, 3.05) is 0 Å². The summed E-state index contributed by atoms with van der Waals surface area (Å²) in [6, 6.07) is 2.41. The van der Waals surface area contributed by atoms with Gasteiger partial charge in [0.1, 0.15) is 0 Å². The maximum atomic E-state index is 11.3. The van der Waals surface area contributed by atoms with Gasteiger partial charge in [0.25, 0.3) is 0 Å². The molecular weight excluding hydrogens is 188 g/mol. The van der Waals surface area contributed by atoms with Gasteiger partial charge in [0.15, 0.2) is 0 Å². The predicted molar refractivity (Wildman–Crippen MR) is 59.2 cm³/mol. The molecule has 3 nitrogen and oxygen atoms in total. The predicted octanol–water partition coefficient (Wildman–Crippen LogP) is 1.68.